The smallest absolute Gasteiger partial charge is 0.254 e. The molecule has 0 bridgehead atoms. The number of nitrogens with zero attached hydrogens (tertiary/aromatic N) is 4. The van der Waals surface area contributed by atoms with Gasteiger partial charge in [0.25, 0.3) is 5.91 Å². The summed E-state index contributed by atoms with van der Waals surface area (Å²) in [4.78, 5) is 52.0. The fourth-order valence-corrected chi connectivity index (χ4v) is 6.45. The number of nitrogens with two attached hydrogens (primary N) is 1. The average Bonchev–Trinajstić information content (AvgIpc) is 3.71. The zero-order valence-electron chi connectivity index (χ0n) is 26.9. The van der Waals surface area contributed by atoms with Crippen molar-refractivity contribution >= 4 is 35.2 Å². The van der Waals surface area contributed by atoms with Crippen molar-refractivity contribution in [2.75, 3.05) is 46.4 Å². The standard InChI is InChI=1S/C34H45ClN6O5/c1-23(36)30(42)37-29(24(2)45-21-25-9-5-4-6-10-25)32(43)41-14-8-13-28(41)31-38-34(22-46-31,20-26-11-7-12-27(35)19-26)33(44)40-17-15-39(3)16-18-40/h4-7,9-12,19,23-24,28-29H,8,13-18,20-22,36H2,1-3H3,(H,37,42)/t23-,24?,28?,29-,34+/m0/s1. The van der Waals surface area contributed by atoms with Gasteiger partial charge in [0.2, 0.25) is 17.7 Å². The molecule has 11 nitrogen and oxygen atoms in total. The minimum atomic E-state index is -1.18. The van der Waals surface area contributed by atoms with Crippen molar-refractivity contribution in [3.05, 3.63) is 70.7 Å². The molecule has 3 N–H and O–H groups in total. The van der Waals surface area contributed by atoms with Gasteiger partial charge in [0.05, 0.1) is 18.8 Å². The van der Waals surface area contributed by atoms with Gasteiger partial charge in [0.15, 0.2) is 5.54 Å². The number of hydrogen-bond donors (Lipinski definition) is 2. The summed E-state index contributed by atoms with van der Waals surface area (Å²) >= 11 is 6.31. The summed E-state index contributed by atoms with van der Waals surface area (Å²) in [6.45, 7) is 6.91. The third kappa shape index (κ3) is 7.88. The van der Waals surface area contributed by atoms with E-state index < -0.39 is 35.7 Å². The third-order valence-corrected chi connectivity index (χ3v) is 9.22. The first kappa shape index (κ1) is 33.8. The number of likely N-dealkylation sites (N-methyl/N-ethyl adjacent to an activating group) is 1. The van der Waals surface area contributed by atoms with Crippen LogP contribution in [0.5, 0.6) is 0 Å². The van der Waals surface area contributed by atoms with Crippen LogP contribution in [-0.4, -0.2) is 114 Å². The van der Waals surface area contributed by atoms with E-state index in [0.717, 1.165) is 30.6 Å². The number of ether oxygens (including phenoxy) is 2. The first-order valence-electron chi connectivity index (χ1n) is 16.0. The summed E-state index contributed by atoms with van der Waals surface area (Å²) in [5.74, 6) is -0.472. The summed E-state index contributed by atoms with van der Waals surface area (Å²) in [5, 5.41) is 3.40. The normalized spacial score (nSPS) is 23.8. The second-order valence-corrected chi connectivity index (χ2v) is 13.1. The van der Waals surface area contributed by atoms with Crippen LogP contribution in [0.2, 0.25) is 5.02 Å². The highest BCUT2D eigenvalue weighted by atomic mass is 35.5. The number of carbonyl (C=O) groups excluding carboxylic acids is 3. The molecule has 2 aromatic carbocycles. The number of carbonyl (C=O) groups is 3. The van der Waals surface area contributed by atoms with E-state index in [1.165, 1.54) is 0 Å². The lowest BCUT2D eigenvalue weighted by molar-refractivity contribution is -0.141. The Morgan fingerprint density at radius 2 is 1.78 bits per heavy atom. The Morgan fingerprint density at radius 3 is 2.48 bits per heavy atom. The Labute approximate surface area is 276 Å². The number of hydrogen-bond acceptors (Lipinski definition) is 8. The molecule has 2 unspecified atom stereocenters. The summed E-state index contributed by atoms with van der Waals surface area (Å²) in [6, 6.07) is 14.8. The highest BCUT2D eigenvalue weighted by molar-refractivity contribution is 6.30. The molecule has 0 aromatic heterocycles. The average molecular weight is 653 g/mol. The molecule has 0 spiro atoms. The Bertz CT molecular complexity index is 1420. The monoisotopic (exact) mass is 652 g/mol. The van der Waals surface area contributed by atoms with E-state index in [9.17, 15) is 14.4 Å². The van der Waals surface area contributed by atoms with Gasteiger partial charge in [-0.2, -0.15) is 0 Å². The molecular formula is C34H45ClN6O5. The SMILES string of the molecule is CC(OCc1ccccc1)[C@H](NC(=O)[C@H](C)N)C(=O)N1CCCC1C1=N[C@@](Cc2cccc(Cl)c2)(C(=O)N2CCN(C)CC2)CO1. The zero-order chi connectivity index (χ0) is 32.8. The first-order valence-corrected chi connectivity index (χ1v) is 16.4. The molecule has 3 heterocycles. The molecule has 0 saturated carbocycles. The molecular weight excluding hydrogens is 608 g/mol. The van der Waals surface area contributed by atoms with Gasteiger partial charge in [0, 0.05) is 44.2 Å². The lowest BCUT2D eigenvalue weighted by Crippen LogP contribution is -2.58. The Morgan fingerprint density at radius 1 is 1.07 bits per heavy atom. The van der Waals surface area contributed by atoms with Gasteiger partial charge in [-0.25, -0.2) is 4.99 Å². The van der Waals surface area contributed by atoms with Crippen LogP contribution < -0.4 is 11.1 Å². The number of likely N-dealkylation sites (tertiary alicyclic amines) is 1. The van der Waals surface area contributed by atoms with Crippen LogP contribution in [0.25, 0.3) is 0 Å². The minimum Gasteiger partial charge on any atom is -0.476 e. The van der Waals surface area contributed by atoms with E-state index in [4.69, 9.17) is 31.8 Å². The van der Waals surface area contributed by atoms with Crippen molar-refractivity contribution < 1.29 is 23.9 Å². The molecule has 248 valence electrons. The molecule has 2 fully saturated rings. The number of amides is 3. The van der Waals surface area contributed by atoms with Crippen molar-refractivity contribution in [2.45, 2.75) is 69.5 Å². The van der Waals surface area contributed by atoms with Crippen LogP contribution in [-0.2, 0) is 36.9 Å². The van der Waals surface area contributed by atoms with Gasteiger partial charge in [-0.05, 0) is 57.0 Å². The van der Waals surface area contributed by atoms with Gasteiger partial charge in [0.1, 0.15) is 18.7 Å². The van der Waals surface area contributed by atoms with Crippen LogP contribution in [0.4, 0.5) is 0 Å². The van der Waals surface area contributed by atoms with Gasteiger partial charge < -0.3 is 35.2 Å². The largest absolute Gasteiger partial charge is 0.476 e. The number of aliphatic imine (C=N–C) groups is 1. The molecule has 2 aromatic rings. The maximum Gasteiger partial charge on any atom is 0.254 e. The van der Waals surface area contributed by atoms with Crippen LogP contribution >= 0.6 is 11.6 Å². The van der Waals surface area contributed by atoms with Crippen molar-refractivity contribution in [1.29, 1.82) is 0 Å². The van der Waals surface area contributed by atoms with Crippen LogP contribution in [0.15, 0.2) is 59.6 Å². The fraction of sp³-hybridized carbons (Fsp3) is 0.529. The number of rotatable bonds is 11. The van der Waals surface area contributed by atoms with E-state index in [-0.39, 0.29) is 25.0 Å². The number of nitrogens with one attached hydrogen (secondary N) is 1. The summed E-state index contributed by atoms with van der Waals surface area (Å²) in [7, 11) is 2.04. The maximum absolute atomic E-state index is 14.2. The molecule has 0 aliphatic carbocycles. The molecule has 3 aliphatic rings. The predicted molar refractivity (Wildman–Crippen MR) is 176 cm³/mol. The third-order valence-electron chi connectivity index (χ3n) is 8.98. The van der Waals surface area contributed by atoms with E-state index in [1.807, 2.05) is 60.5 Å². The lowest BCUT2D eigenvalue weighted by Gasteiger charge is -2.36. The Hall–Kier alpha value is -3.51. The molecule has 5 rings (SSSR count). The summed E-state index contributed by atoms with van der Waals surface area (Å²) in [6.07, 6.45) is 1.01. The van der Waals surface area contributed by atoms with E-state index in [2.05, 4.69) is 10.2 Å². The number of halogens is 1. The van der Waals surface area contributed by atoms with Crippen LogP contribution in [0.1, 0.15) is 37.8 Å². The Kier molecular flexibility index (Phi) is 11.0. The van der Waals surface area contributed by atoms with E-state index in [0.29, 0.717) is 43.4 Å². The van der Waals surface area contributed by atoms with Crippen molar-refractivity contribution in [2.24, 2.45) is 10.7 Å². The van der Waals surface area contributed by atoms with Crippen molar-refractivity contribution in [3.8, 4) is 0 Å². The van der Waals surface area contributed by atoms with Crippen LogP contribution in [0.3, 0.4) is 0 Å². The molecule has 2 saturated heterocycles. The first-order chi connectivity index (χ1) is 22.1. The molecule has 5 atom stereocenters. The highest BCUT2D eigenvalue weighted by Crippen LogP contribution is 2.32. The second-order valence-electron chi connectivity index (χ2n) is 12.6. The van der Waals surface area contributed by atoms with E-state index in [1.54, 1.807) is 24.8 Å². The second kappa shape index (κ2) is 14.9. The van der Waals surface area contributed by atoms with Gasteiger partial charge in [-0.3, -0.25) is 14.4 Å². The van der Waals surface area contributed by atoms with Gasteiger partial charge >= 0.3 is 0 Å². The quantitative estimate of drug-likeness (QED) is 0.381. The number of piperazine rings is 1. The predicted octanol–water partition coefficient (Wildman–Crippen LogP) is 2.25. The molecule has 3 amide bonds. The van der Waals surface area contributed by atoms with Crippen molar-refractivity contribution in [3.63, 3.8) is 0 Å². The topological polar surface area (TPSA) is 130 Å². The summed E-state index contributed by atoms with van der Waals surface area (Å²) in [5.41, 5.74) is 6.52. The molecule has 12 heteroatoms. The van der Waals surface area contributed by atoms with Gasteiger partial charge in [-0.15, -0.1) is 0 Å². The minimum absolute atomic E-state index is 0.0694. The molecule has 46 heavy (non-hydrogen) atoms. The Balaban J connectivity index is 1.40. The lowest BCUT2D eigenvalue weighted by atomic mass is 9.90. The fourth-order valence-electron chi connectivity index (χ4n) is 6.23. The van der Waals surface area contributed by atoms with E-state index >= 15 is 0 Å². The maximum atomic E-state index is 14.2. The summed E-state index contributed by atoms with van der Waals surface area (Å²) < 4.78 is 12.4. The molecule has 3 aliphatic heterocycles. The van der Waals surface area contributed by atoms with Crippen molar-refractivity contribution in [1.82, 2.24) is 20.0 Å². The van der Waals surface area contributed by atoms with Gasteiger partial charge in [-0.1, -0.05) is 54.1 Å². The highest BCUT2D eigenvalue weighted by Gasteiger charge is 2.50. The zero-order valence-corrected chi connectivity index (χ0v) is 27.6. The molecule has 0 radical (unpaired) electrons. The van der Waals surface area contributed by atoms with Crippen LogP contribution in [0, 0.1) is 0 Å². The number of benzene rings is 2.